The molecule has 1 heterocycles. The van der Waals surface area contributed by atoms with E-state index in [1.165, 1.54) is 199 Å². The zero-order valence-corrected chi connectivity index (χ0v) is 51.5. The summed E-state index contributed by atoms with van der Waals surface area (Å²) in [6, 6.07) is -1.02. The molecule has 0 aromatic rings. The number of carbonyl (C=O) groups is 2. The molecule has 1 aliphatic rings. The van der Waals surface area contributed by atoms with E-state index in [1.54, 1.807) is 6.08 Å². The van der Waals surface area contributed by atoms with Crippen LogP contribution in [0.25, 0.3) is 0 Å². The Balaban J connectivity index is 2.59. The maximum absolute atomic E-state index is 13.5. The van der Waals surface area contributed by atoms with Crippen LogP contribution in [-0.4, -0.2) is 99.6 Å². The molecule has 8 atom stereocenters. The van der Waals surface area contributed by atoms with Gasteiger partial charge in [0.1, 0.15) is 24.4 Å². The monoisotopic (exact) mass is 1120 g/mol. The number of nitrogens with one attached hydrogen (secondary N) is 1. The number of aliphatic hydroxyl groups excluding tert-OH is 5. The summed E-state index contributed by atoms with van der Waals surface area (Å²) in [6.07, 6.45) is 57.6. The lowest BCUT2D eigenvalue weighted by Gasteiger charge is -2.41. The molecule has 11 heteroatoms. The largest absolute Gasteiger partial charge is 0.454 e. The van der Waals surface area contributed by atoms with Crippen molar-refractivity contribution in [3.05, 3.63) is 36.5 Å². The third-order valence-corrected chi connectivity index (χ3v) is 16.0. The van der Waals surface area contributed by atoms with Crippen LogP contribution in [0.2, 0.25) is 0 Å². The number of carbonyl (C=O) groups excluding carboxylic acids is 2. The molecule has 8 unspecified atom stereocenters. The minimum atomic E-state index is -1.61. The van der Waals surface area contributed by atoms with Gasteiger partial charge < -0.3 is 45.1 Å². The molecular formula is C68H127NO10. The normalized spacial score (nSPS) is 19.0. The molecule has 464 valence electrons. The molecule has 0 spiro atoms. The van der Waals surface area contributed by atoms with Gasteiger partial charge in [-0.2, -0.15) is 0 Å². The predicted octanol–water partition coefficient (Wildman–Crippen LogP) is 16.6. The first kappa shape index (κ1) is 74.9. The summed E-state index contributed by atoms with van der Waals surface area (Å²) >= 11 is 0. The van der Waals surface area contributed by atoms with Gasteiger partial charge in [-0.1, -0.05) is 295 Å². The van der Waals surface area contributed by atoms with Gasteiger partial charge in [0.15, 0.2) is 12.4 Å². The first-order valence-electron chi connectivity index (χ1n) is 33.8. The third kappa shape index (κ3) is 44.1. The number of amides is 1. The second-order valence-corrected chi connectivity index (χ2v) is 23.6. The Bertz CT molecular complexity index is 1420. The fraction of sp³-hybridized carbons (Fsp3) is 0.882. The molecule has 6 N–H and O–H groups in total. The molecular weight excluding hydrogens is 991 g/mol. The standard InChI is InChI=1S/C68H127NO10/c1-4-7-10-13-16-19-22-24-26-28-29-30-31-32-34-35-37-40-43-46-49-52-55-61(72)67(76)69-59(60(71)54-51-48-45-42-39-21-18-15-12-9-6-3)58-77-68-66(65(75)64(74)62(57-70)78-68)79-63(73)56-53-50-47-44-41-38-36-33-27-25-23-20-17-14-11-8-5-2/h17,20,25,27,51,54,59-62,64-66,68,70-72,74-75H,4-16,18-19,21-24,26,28-50,52-53,55-58H2,1-3H3,(H,69,76)/b20-17-,27-25-,54-51+. The van der Waals surface area contributed by atoms with Crippen molar-refractivity contribution in [3.8, 4) is 0 Å². The van der Waals surface area contributed by atoms with Gasteiger partial charge in [0.05, 0.1) is 25.4 Å². The van der Waals surface area contributed by atoms with Crippen molar-refractivity contribution in [2.24, 2.45) is 0 Å². The fourth-order valence-electron chi connectivity index (χ4n) is 10.7. The maximum Gasteiger partial charge on any atom is 0.306 e. The molecule has 1 saturated heterocycles. The van der Waals surface area contributed by atoms with Crippen molar-refractivity contribution in [2.45, 2.75) is 372 Å². The van der Waals surface area contributed by atoms with Crippen molar-refractivity contribution < 1.29 is 49.3 Å². The SMILES string of the molecule is CCCCC/C=C\C/C=C\CCCCCCCCCC(=O)OC1C(OCC(NC(=O)C(O)CCCCCCCCCCCCCCCCCCCCCCCC)C(O)/C=C/CCCCCCCCCCC)OC(CO)C(O)C1O. The Morgan fingerprint density at radius 1 is 0.494 bits per heavy atom. The fourth-order valence-corrected chi connectivity index (χ4v) is 10.7. The van der Waals surface area contributed by atoms with E-state index in [9.17, 15) is 35.1 Å². The van der Waals surface area contributed by atoms with Crippen molar-refractivity contribution in [3.63, 3.8) is 0 Å². The van der Waals surface area contributed by atoms with Crippen LogP contribution in [0, 0.1) is 0 Å². The molecule has 1 aliphatic heterocycles. The molecule has 11 nitrogen and oxygen atoms in total. The van der Waals surface area contributed by atoms with E-state index in [0.29, 0.717) is 19.3 Å². The zero-order valence-electron chi connectivity index (χ0n) is 51.5. The van der Waals surface area contributed by atoms with Gasteiger partial charge in [-0.3, -0.25) is 9.59 Å². The molecule has 1 rings (SSSR count). The highest BCUT2D eigenvalue weighted by atomic mass is 16.7. The summed E-state index contributed by atoms with van der Waals surface area (Å²) in [5.41, 5.74) is 0. The van der Waals surface area contributed by atoms with E-state index in [2.05, 4.69) is 50.4 Å². The topological polar surface area (TPSA) is 175 Å². The number of hydrogen-bond donors (Lipinski definition) is 6. The van der Waals surface area contributed by atoms with E-state index in [-0.39, 0.29) is 13.0 Å². The predicted molar refractivity (Wildman–Crippen MR) is 329 cm³/mol. The molecule has 79 heavy (non-hydrogen) atoms. The highest BCUT2D eigenvalue weighted by molar-refractivity contribution is 5.80. The number of ether oxygens (including phenoxy) is 3. The van der Waals surface area contributed by atoms with Crippen molar-refractivity contribution >= 4 is 11.9 Å². The van der Waals surface area contributed by atoms with Gasteiger partial charge in [0.2, 0.25) is 5.91 Å². The lowest BCUT2D eigenvalue weighted by atomic mass is 9.99. The quantitative estimate of drug-likeness (QED) is 0.0195. The molecule has 1 fully saturated rings. The van der Waals surface area contributed by atoms with Crippen LogP contribution in [0.15, 0.2) is 36.5 Å². The Morgan fingerprint density at radius 3 is 1.32 bits per heavy atom. The Hall–Kier alpha value is -2.12. The van der Waals surface area contributed by atoms with Crippen molar-refractivity contribution in [2.75, 3.05) is 13.2 Å². The summed E-state index contributed by atoms with van der Waals surface area (Å²) < 4.78 is 17.6. The zero-order chi connectivity index (χ0) is 57.5. The van der Waals surface area contributed by atoms with Crippen LogP contribution in [0.3, 0.4) is 0 Å². The van der Waals surface area contributed by atoms with Crippen LogP contribution in [0.1, 0.15) is 323 Å². The van der Waals surface area contributed by atoms with Crippen molar-refractivity contribution in [1.82, 2.24) is 5.32 Å². The average Bonchev–Trinajstić information content (AvgIpc) is 3.47. The van der Waals surface area contributed by atoms with Gasteiger partial charge in [0, 0.05) is 6.42 Å². The number of aliphatic hydroxyl groups is 5. The molecule has 0 bridgehead atoms. The number of esters is 1. The molecule has 0 saturated carbocycles. The van der Waals surface area contributed by atoms with Gasteiger partial charge in [-0.05, 0) is 57.8 Å². The number of unbranched alkanes of at least 4 members (excludes halogenated alkanes) is 40. The van der Waals surface area contributed by atoms with Crippen LogP contribution < -0.4 is 5.32 Å². The minimum absolute atomic E-state index is 0.117. The van der Waals surface area contributed by atoms with E-state index in [0.717, 1.165) is 77.0 Å². The molecule has 0 aromatic heterocycles. The maximum atomic E-state index is 13.5. The van der Waals surface area contributed by atoms with Gasteiger partial charge >= 0.3 is 5.97 Å². The Morgan fingerprint density at radius 2 is 0.873 bits per heavy atom. The second kappa shape index (κ2) is 56.4. The van der Waals surface area contributed by atoms with E-state index in [4.69, 9.17) is 14.2 Å². The Kier molecular flexibility index (Phi) is 53.4. The lowest BCUT2D eigenvalue weighted by Crippen LogP contribution is -2.61. The molecule has 1 amide bonds. The van der Waals surface area contributed by atoms with E-state index < -0.39 is 67.4 Å². The lowest BCUT2D eigenvalue weighted by molar-refractivity contribution is -0.305. The van der Waals surface area contributed by atoms with Crippen LogP contribution in [0.4, 0.5) is 0 Å². The summed E-state index contributed by atoms with van der Waals surface area (Å²) in [7, 11) is 0. The molecule has 0 aliphatic carbocycles. The van der Waals surface area contributed by atoms with Crippen LogP contribution in [0.5, 0.6) is 0 Å². The van der Waals surface area contributed by atoms with Gasteiger partial charge in [-0.15, -0.1) is 0 Å². The second-order valence-electron chi connectivity index (χ2n) is 23.6. The van der Waals surface area contributed by atoms with Gasteiger partial charge in [-0.25, -0.2) is 0 Å². The first-order valence-corrected chi connectivity index (χ1v) is 33.8. The Labute approximate surface area is 485 Å². The summed E-state index contributed by atoms with van der Waals surface area (Å²) in [6.45, 7) is 5.79. The minimum Gasteiger partial charge on any atom is -0.454 e. The number of allylic oxidation sites excluding steroid dienone is 5. The number of rotatable bonds is 58. The average molecular weight is 1120 g/mol. The van der Waals surface area contributed by atoms with Crippen LogP contribution >= 0.6 is 0 Å². The van der Waals surface area contributed by atoms with E-state index in [1.807, 2.05) is 6.08 Å². The summed E-state index contributed by atoms with van der Waals surface area (Å²) in [4.78, 5) is 26.6. The highest BCUT2D eigenvalue weighted by Gasteiger charge is 2.47. The summed E-state index contributed by atoms with van der Waals surface area (Å²) in [5, 5.41) is 57.1. The van der Waals surface area contributed by atoms with Gasteiger partial charge in [0.25, 0.3) is 0 Å². The number of hydrogen-bond acceptors (Lipinski definition) is 10. The molecule has 0 radical (unpaired) electrons. The smallest absolute Gasteiger partial charge is 0.306 e. The molecule has 0 aromatic carbocycles. The van der Waals surface area contributed by atoms with Crippen molar-refractivity contribution in [1.29, 1.82) is 0 Å². The van der Waals surface area contributed by atoms with E-state index >= 15 is 0 Å². The third-order valence-electron chi connectivity index (χ3n) is 16.0. The highest BCUT2D eigenvalue weighted by Crippen LogP contribution is 2.26. The summed E-state index contributed by atoms with van der Waals surface area (Å²) in [5.74, 6) is -1.19. The first-order chi connectivity index (χ1) is 38.7. The van der Waals surface area contributed by atoms with Crippen LogP contribution in [-0.2, 0) is 23.8 Å².